The summed E-state index contributed by atoms with van der Waals surface area (Å²) in [5.74, 6) is 0.532. The fraction of sp³-hybridized carbons (Fsp3) is 0.706. The molecule has 0 saturated carbocycles. The summed E-state index contributed by atoms with van der Waals surface area (Å²) < 4.78 is 24.1. The zero-order chi connectivity index (χ0) is 31.5. The largest absolute Gasteiger partial charge is 0.447 e. The maximum absolute atomic E-state index is 12.1. The molecule has 0 fully saturated rings. The van der Waals surface area contributed by atoms with Gasteiger partial charge in [-0.1, -0.05) is 127 Å². The summed E-state index contributed by atoms with van der Waals surface area (Å²) in [6.45, 7) is 5.98. The number of carbonyl (C=O) groups is 1. The molecule has 2 aromatic rings. The second-order valence-corrected chi connectivity index (χ2v) is 13.0. The molecular weight excluding hydrogens is 595 g/mol. The van der Waals surface area contributed by atoms with Crippen molar-refractivity contribution in [2.75, 3.05) is 26.4 Å². The Bertz CT molecular complexity index is 952. The second-order valence-electron chi connectivity index (χ2n) is 11.4. The number of alkyl carbamates (subject to hydrolysis) is 1. The molecule has 1 aromatic heterocycles. The maximum atomic E-state index is 12.1. The van der Waals surface area contributed by atoms with Gasteiger partial charge in [0.15, 0.2) is 12.7 Å². The first-order valence-electron chi connectivity index (χ1n) is 16.9. The van der Waals surface area contributed by atoms with Crippen LogP contribution < -0.4 is 14.4 Å². The Balaban J connectivity index is 1.45. The summed E-state index contributed by atoms with van der Waals surface area (Å²) in [4.78, 5) is 22.4. The predicted octanol–water partition coefficient (Wildman–Crippen LogP) is 9.09. The number of rotatable bonds is 28. The van der Waals surface area contributed by atoms with Crippen LogP contribution in [0.1, 0.15) is 122 Å². The van der Waals surface area contributed by atoms with E-state index in [1.165, 1.54) is 89.9 Å². The lowest BCUT2D eigenvalue weighted by Crippen LogP contribution is -2.31. The van der Waals surface area contributed by atoms with Crippen LogP contribution in [0, 0.1) is 0 Å². The van der Waals surface area contributed by atoms with Gasteiger partial charge in [-0.05, 0) is 25.5 Å². The van der Waals surface area contributed by atoms with Crippen LogP contribution in [0.25, 0.3) is 0 Å². The highest BCUT2D eigenvalue weighted by Gasteiger charge is 2.18. The van der Waals surface area contributed by atoms with Gasteiger partial charge < -0.3 is 24.2 Å². The fourth-order valence-corrected chi connectivity index (χ4v) is 6.23. The lowest BCUT2D eigenvalue weighted by atomic mass is 10.0. The molecular formula is C34H58N2O6PS+. The summed E-state index contributed by atoms with van der Waals surface area (Å²) in [7, 11) is -2.16. The fourth-order valence-electron chi connectivity index (χ4n) is 4.99. The molecule has 2 rings (SSSR count). The molecule has 2 N–H and O–H groups in total. The highest BCUT2D eigenvalue weighted by atomic mass is 32.1. The summed E-state index contributed by atoms with van der Waals surface area (Å²) in [5.41, 5.74) is 3.09. The lowest BCUT2D eigenvalue weighted by molar-refractivity contribution is -0.683. The van der Waals surface area contributed by atoms with E-state index in [1.807, 2.05) is 42.2 Å². The van der Waals surface area contributed by atoms with E-state index in [-0.39, 0.29) is 13.2 Å². The van der Waals surface area contributed by atoms with Crippen LogP contribution in [0.5, 0.6) is 5.75 Å². The van der Waals surface area contributed by atoms with Crippen molar-refractivity contribution in [3.8, 4) is 5.75 Å². The summed E-state index contributed by atoms with van der Waals surface area (Å²) in [5, 5.41) is 4.84. The van der Waals surface area contributed by atoms with Crippen LogP contribution in [-0.4, -0.2) is 43.5 Å². The molecule has 10 heteroatoms. The third kappa shape index (κ3) is 20.3. The van der Waals surface area contributed by atoms with E-state index in [0.29, 0.717) is 18.9 Å². The molecule has 0 saturated heterocycles. The Labute approximate surface area is 271 Å². The Hall–Kier alpha value is -1.77. The number of unbranched alkanes of at least 4 members (excludes halogenated alkanes) is 15. The zero-order valence-corrected chi connectivity index (χ0v) is 29.0. The quantitative estimate of drug-likeness (QED) is 0.0541. The molecule has 2 atom stereocenters. The lowest BCUT2D eigenvalue weighted by Gasteiger charge is -2.19. The van der Waals surface area contributed by atoms with E-state index in [9.17, 15) is 9.69 Å². The SMILES string of the molecule is CCCCCCCCCCCCCCCCCCNC(=O)OCC(COP(O)Oc1cccc(C[n+]2ccsc2)c1)OCC. The standard InChI is InChI=1S/C34H57N2O6PS/c1-3-5-6-7-8-9-10-11-12-13-14-15-16-17-18-19-23-35-34(37)40-28-33(39-4-2)29-41-43(38)42-32-22-20-21-31(26-32)27-36-24-25-44-30-36/h20-22,24-26,30,33,38H,3-19,23,27-29H2,1-2H3/p+1. The first-order valence-corrected chi connectivity index (χ1v) is 19.0. The van der Waals surface area contributed by atoms with Crippen molar-refractivity contribution in [2.45, 2.75) is 129 Å². The molecule has 0 aliphatic carbocycles. The number of hydrogen-bond acceptors (Lipinski definition) is 7. The molecule has 2 unspecified atom stereocenters. The molecule has 1 amide bonds. The Morgan fingerprint density at radius 2 is 1.55 bits per heavy atom. The van der Waals surface area contributed by atoms with Crippen molar-refractivity contribution >= 4 is 26.0 Å². The first kappa shape index (κ1) is 38.4. The minimum atomic E-state index is -2.16. The topological polar surface area (TPSA) is 90.1 Å². The number of benzene rings is 1. The molecule has 0 spiro atoms. The highest BCUT2D eigenvalue weighted by Crippen LogP contribution is 2.35. The molecule has 44 heavy (non-hydrogen) atoms. The van der Waals surface area contributed by atoms with Crippen LogP contribution in [0.3, 0.4) is 0 Å². The third-order valence-electron chi connectivity index (χ3n) is 7.45. The number of aromatic nitrogens is 1. The second kappa shape index (κ2) is 26.4. The van der Waals surface area contributed by atoms with E-state index < -0.39 is 20.8 Å². The maximum Gasteiger partial charge on any atom is 0.407 e. The minimum absolute atomic E-state index is 0.0369. The van der Waals surface area contributed by atoms with Crippen molar-refractivity contribution < 1.29 is 32.8 Å². The normalized spacial score (nSPS) is 12.6. The van der Waals surface area contributed by atoms with Crippen molar-refractivity contribution in [1.29, 1.82) is 0 Å². The Kier molecular flexibility index (Phi) is 23.1. The van der Waals surface area contributed by atoms with Crippen LogP contribution in [0.2, 0.25) is 0 Å². The molecule has 8 nitrogen and oxygen atoms in total. The Morgan fingerprint density at radius 3 is 2.14 bits per heavy atom. The Morgan fingerprint density at radius 1 is 0.909 bits per heavy atom. The van der Waals surface area contributed by atoms with Crippen molar-refractivity contribution in [3.63, 3.8) is 0 Å². The molecule has 0 aliphatic heterocycles. The summed E-state index contributed by atoms with van der Waals surface area (Å²) >= 11 is 1.63. The van der Waals surface area contributed by atoms with Crippen LogP contribution in [0.15, 0.2) is 41.4 Å². The number of ether oxygens (including phenoxy) is 2. The van der Waals surface area contributed by atoms with Gasteiger partial charge in [0.2, 0.25) is 5.51 Å². The van der Waals surface area contributed by atoms with Gasteiger partial charge in [0.25, 0.3) is 0 Å². The van der Waals surface area contributed by atoms with Gasteiger partial charge in [0.1, 0.15) is 18.5 Å². The van der Waals surface area contributed by atoms with Gasteiger partial charge in [-0.15, -0.1) is 0 Å². The summed E-state index contributed by atoms with van der Waals surface area (Å²) in [6.07, 6.45) is 22.2. The van der Waals surface area contributed by atoms with Gasteiger partial charge in [0, 0.05) is 18.7 Å². The van der Waals surface area contributed by atoms with Crippen molar-refractivity contribution in [1.82, 2.24) is 5.32 Å². The van der Waals surface area contributed by atoms with Crippen LogP contribution >= 0.6 is 19.9 Å². The van der Waals surface area contributed by atoms with Crippen LogP contribution in [0.4, 0.5) is 4.79 Å². The average Bonchev–Trinajstić information content (AvgIpc) is 3.53. The number of nitrogens with one attached hydrogen (secondary N) is 1. The van der Waals surface area contributed by atoms with Gasteiger partial charge >= 0.3 is 14.7 Å². The number of nitrogens with zero attached hydrogens (tertiary/aromatic N) is 1. The molecule has 0 radical (unpaired) electrons. The van der Waals surface area contributed by atoms with Gasteiger partial charge in [-0.25, -0.2) is 4.79 Å². The van der Waals surface area contributed by atoms with Gasteiger partial charge in [0.05, 0.1) is 12.0 Å². The van der Waals surface area contributed by atoms with E-state index in [0.717, 1.165) is 24.9 Å². The van der Waals surface area contributed by atoms with Crippen molar-refractivity contribution in [2.24, 2.45) is 0 Å². The molecule has 1 aromatic carbocycles. The first-order chi connectivity index (χ1) is 21.6. The molecule has 0 bridgehead atoms. The van der Waals surface area contributed by atoms with Gasteiger partial charge in [-0.3, -0.25) is 4.52 Å². The van der Waals surface area contributed by atoms with Crippen LogP contribution in [-0.2, 0) is 20.5 Å². The number of thiazole rings is 1. The van der Waals surface area contributed by atoms with Crippen molar-refractivity contribution in [3.05, 3.63) is 46.9 Å². The zero-order valence-electron chi connectivity index (χ0n) is 27.3. The third-order valence-corrected chi connectivity index (χ3v) is 8.86. The van der Waals surface area contributed by atoms with E-state index >= 15 is 0 Å². The van der Waals surface area contributed by atoms with E-state index in [4.69, 9.17) is 18.5 Å². The number of hydrogen-bond donors (Lipinski definition) is 2. The molecule has 250 valence electrons. The molecule has 1 heterocycles. The predicted molar refractivity (Wildman–Crippen MR) is 180 cm³/mol. The summed E-state index contributed by atoms with van der Waals surface area (Å²) in [6, 6.07) is 7.55. The smallest absolute Gasteiger partial charge is 0.407 e. The van der Waals surface area contributed by atoms with Gasteiger partial charge in [-0.2, -0.15) is 4.57 Å². The highest BCUT2D eigenvalue weighted by molar-refractivity contribution is 7.41. The average molecular weight is 654 g/mol. The number of carbonyl (C=O) groups excluding carboxylic acids is 1. The number of amides is 1. The molecule has 0 aliphatic rings. The van der Waals surface area contributed by atoms with E-state index in [2.05, 4.69) is 16.8 Å². The monoisotopic (exact) mass is 653 g/mol. The van der Waals surface area contributed by atoms with E-state index in [1.54, 1.807) is 17.4 Å². The minimum Gasteiger partial charge on any atom is -0.447 e.